The van der Waals surface area contributed by atoms with Crippen molar-refractivity contribution in [1.82, 2.24) is 4.31 Å². The summed E-state index contributed by atoms with van der Waals surface area (Å²) in [5.74, 6) is -0.315. The van der Waals surface area contributed by atoms with E-state index in [0.717, 1.165) is 53.4 Å². The average molecular weight is 479 g/mol. The summed E-state index contributed by atoms with van der Waals surface area (Å²) < 4.78 is 29.0. The van der Waals surface area contributed by atoms with Crippen molar-refractivity contribution in [1.29, 1.82) is 0 Å². The monoisotopic (exact) mass is 478 g/mol. The number of halogens is 1. The molecule has 1 N–H and O–H groups in total. The van der Waals surface area contributed by atoms with Crippen molar-refractivity contribution >= 4 is 37.5 Å². The average Bonchev–Trinajstić information content (AvgIpc) is 2.70. The van der Waals surface area contributed by atoms with Gasteiger partial charge in [0.15, 0.2) is 0 Å². The van der Waals surface area contributed by atoms with Crippen molar-refractivity contribution in [3.8, 4) is 0 Å². The smallest absolute Gasteiger partial charge is 0.243 e. The van der Waals surface area contributed by atoms with Crippen LogP contribution in [0.5, 0.6) is 0 Å². The van der Waals surface area contributed by atoms with E-state index in [1.165, 1.54) is 4.31 Å². The number of nitrogens with one attached hydrogen (secondary N) is 1. The molecule has 156 valence electrons. The molecule has 0 saturated heterocycles. The SMILES string of the molecule is Cc1cccc(NC(=O)CN(C2CCCCC2)S(=O)(=O)c2ccc(Br)cc2)c1C. The van der Waals surface area contributed by atoms with Crippen molar-refractivity contribution in [2.75, 3.05) is 11.9 Å². The molecular weight excluding hydrogens is 452 g/mol. The lowest BCUT2D eigenvalue weighted by molar-refractivity contribution is -0.116. The van der Waals surface area contributed by atoms with Gasteiger partial charge in [-0.25, -0.2) is 8.42 Å². The zero-order valence-electron chi connectivity index (χ0n) is 16.8. The molecule has 1 saturated carbocycles. The Balaban J connectivity index is 1.86. The van der Waals surface area contributed by atoms with Gasteiger partial charge >= 0.3 is 0 Å². The molecule has 0 spiro atoms. The second-order valence-electron chi connectivity index (χ2n) is 7.59. The molecule has 0 atom stereocenters. The first-order valence-electron chi connectivity index (χ1n) is 9.92. The Kier molecular flexibility index (Phi) is 7.14. The third-order valence-electron chi connectivity index (χ3n) is 5.58. The number of hydrogen-bond donors (Lipinski definition) is 1. The first kappa shape index (κ1) is 22.0. The van der Waals surface area contributed by atoms with Crippen molar-refractivity contribution in [3.63, 3.8) is 0 Å². The van der Waals surface area contributed by atoms with Gasteiger partial charge < -0.3 is 5.32 Å². The highest BCUT2D eigenvalue weighted by atomic mass is 79.9. The summed E-state index contributed by atoms with van der Waals surface area (Å²) in [5.41, 5.74) is 2.79. The van der Waals surface area contributed by atoms with Gasteiger partial charge in [0, 0.05) is 16.2 Å². The number of benzene rings is 2. The third-order valence-corrected chi connectivity index (χ3v) is 8.02. The van der Waals surface area contributed by atoms with Crippen molar-refractivity contribution in [2.24, 2.45) is 0 Å². The lowest BCUT2D eigenvalue weighted by Gasteiger charge is -2.33. The quantitative estimate of drug-likeness (QED) is 0.632. The molecule has 0 aromatic heterocycles. The maximum Gasteiger partial charge on any atom is 0.243 e. The van der Waals surface area contributed by atoms with Gasteiger partial charge in [0.25, 0.3) is 0 Å². The van der Waals surface area contributed by atoms with Crippen LogP contribution in [-0.4, -0.2) is 31.2 Å². The molecule has 2 aromatic rings. The van der Waals surface area contributed by atoms with E-state index in [4.69, 9.17) is 0 Å². The van der Waals surface area contributed by atoms with Crippen LogP contribution in [-0.2, 0) is 14.8 Å². The number of aryl methyl sites for hydroxylation is 1. The van der Waals surface area contributed by atoms with E-state index in [1.807, 2.05) is 32.0 Å². The van der Waals surface area contributed by atoms with Gasteiger partial charge in [0.05, 0.1) is 11.4 Å². The zero-order valence-corrected chi connectivity index (χ0v) is 19.2. The maximum atomic E-state index is 13.4. The minimum absolute atomic E-state index is 0.151. The van der Waals surface area contributed by atoms with Crippen molar-refractivity contribution in [2.45, 2.75) is 56.9 Å². The minimum Gasteiger partial charge on any atom is -0.325 e. The molecule has 0 radical (unpaired) electrons. The highest BCUT2D eigenvalue weighted by Gasteiger charge is 2.34. The normalized spacial score (nSPS) is 15.4. The van der Waals surface area contributed by atoms with E-state index < -0.39 is 10.0 Å². The molecule has 1 aliphatic carbocycles. The predicted octanol–water partition coefficient (Wildman–Crippen LogP) is 5.03. The second-order valence-corrected chi connectivity index (χ2v) is 10.4. The van der Waals surface area contributed by atoms with Crippen LogP contribution >= 0.6 is 15.9 Å². The summed E-state index contributed by atoms with van der Waals surface area (Å²) in [4.78, 5) is 13.1. The molecule has 0 unspecified atom stereocenters. The fraction of sp³-hybridized carbons (Fsp3) is 0.409. The number of anilines is 1. The lowest BCUT2D eigenvalue weighted by Crippen LogP contribution is -2.45. The number of carbonyl (C=O) groups is 1. The van der Waals surface area contributed by atoms with Gasteiger partial charge in [0.1, 0.15) is 0 Å². The van der Waals surface area contributed by atoms with Crippen LogP contribution < -0.4 is 5.32 Å². The highest BCUT2D eigenvalue weighted by Crippen LogP contribution is 2.28. The molecule has 0 heterocycles. The topological polar surface area (TPSA) is 66.5 Å². The number of carbonyl (C=O) groups excluding carboxylic acids is 1. The Bertz CT molecular complexity index is 968. The lowest BCUT2D eigenvalue weighted by atomic mass is 9.95. The Labute approximate surface area is 181 Å². The summed E-state index contributed by atoms with van der Waals surface area (Å²) >= 11 is 3.34. The van der Waals surface area contributed by atoms with Crippen LogP contribution in [0.2, 0.25) is 0 Å². The fourth-order valence-electron chi connectivity index (χ4n) is 3.74. The molecule has 5 nitrogen and oxygen atoms in total. The first-order valence-corrected chi connectivity index (χ1v) is 12.2. The number of rotatable bonds is 6. The Hall–Kier alpha value is -1.70. The van der Waals surface area contributed by atoms with Gasteiger partial charge in [-0.05, 0) is 68.1 Å². The number of nitrogens with zero attached hydrogens (tertiary/aromatic N) is 1. The van der Waals surface area contributed by atoms with Crippen molar-refractivity contribution in [3.05, 3.63) is 58.1 Å². The Morgan fingerprint density at radius 3 is 2.38 bits per heavy atom. The first-order chi connectivity index (χ1) is 13.8. The van der Waals surface area contributed by atoms with Crippen LogP contribution in [0, 0.1) is 13.8 Å². The number of amides is 1. The van der Waals surface area contributed by atoms with E-state index in [9.17, 15) is 13.2 Å². The second kappa shape index (κ2) is 9.41. The van der Waals surface area contributed by atoms with Gasteiger partial charge in [-0.2, -0.15) is 4.31 Å². The van der Waals surface area contributed by atoms with E-state index >= 15 is 0 Å². The number of sulfonamides is 1. The maximum absolute atomic E-state index is 13.4. The van der Waals surface area contributed by atoms with Crippen LogP contribution in [0.1, 0.15) is 43.2 Å². The summed E-state index contributed by atoms with van der Waals surface area (Å²) in [5, 5.41) is 2.90. The fourth-order valence-corrected chi connectivity index (χ4v) is 5.64. The Morgan fingerprint density at radius 1 is 1.07 bits per heavy atom. The molecule has 1 aliphatic rings. The van der Waals surface area contributed by atoms with E-state index in [-0.39, 0.29) is 23.4 Å². The summed E-state index contributed by atoms with van der Waals surface area (Å²) in [6, 6.07) is 12.1. The molecular formula is C22H27BrN2O3S. The summed E-state index contributed by atoms with van der Waals surface area (Å²) in [6.45, 7) is 3.75. The zero-order chi connectivity index (χ0) is 21.0. The molecule has 7 heteroatoms. The molecule has 0 bridgehead atoms. The Morgan fingerprint density at radius 2 is 1.72 bits per heavy atom. The van der Waals surface area contributed by atoms with Crippen LogP contribution in [0.15, 0.2) is 51.8 Å². The van der Waals surface area contributed by atoms with Gasteiger partial charge in [-0.3, -0.25) is 4.79 Å². The molecule has 0 aliphatic heterocycles. The molecule has 2 aromatic carbocycles. The standard InChI is InChI=1S/C22H27BrN2O3S/c1-16-7-6-10-21(17(16)2)24-22(26)15-25(19-8-4-3-5-9-19)29(27,28)20-13-11-18(23)12-14-20/h6-7,10-14,19H,3-5,8-9,15H2,1-2H3,(H,24,26). The van der Waals surface area contributed by atoms with Crippen LogP contribution in [0.25, 0.3) is 0 Å². The van der Waals surface area contributed by atoms with Gasteiger partial charge in [-0.15, -0.1) is 0 Å². The van der Waals surface area contributed by atoms with Crippen LogP contribution in [0.3, 0.4) is 0 Å². The van der Waals surface area contributed by atoms with E-state index in [1.54, 1.807) is 24.3 Å². The summed E-state index contributed by atoms with van der Waals surface area (Å²) in [7, 11) is -3.77. The predicted molar refractivity (Wildman–Crippen MR) is 119 cm³/mol. The van der Waals surface area contributed by atoms with Gasteiger partial charge in [-0.1, -0.05) is 47.3 Å². The van der Waals surface area contributed by atoms with Crippen molar-refractivity contribution < 1.29 is 13.2 Å². The molecule has 29 heavy (non-hydrogen) atoms. The molecule has 1 amide bonds. The van der Waals surface area contributed by atoms with E-state index in [0.29, 0.717) is 0 Å². The van der Waals surface area contributed by atoms with E-state index in [2.05, 4.69) is 21.2 Å². The minimum atomic E-state index is -3.77. The van der Waals surface area contributed by atoms with Crippen LogP contribution in [0.4, 0.5) is 5.69 Å². The highest BCUT2D eigenvalue weighted by molar-refractivity contribution is 9.10. The third kappa shape index (κ3) is 5.27. The summed E-state index contributed by atoms with van der Waals surface area (Å²) in [6.07, 6.45) is 4.64. The largest absolute Gasteiger partial charge is 0.325 e. The van der Waals surface area contributed by atoms with Gasteiger partial charge in [0.2, 0.25) is 15.9 Å². The molecule has 1 fully saturated rings. The molecule has 3 rings (SSSR count). The number of hydrogen-bond acceptors (Lipinski definition) is 3.